The third-order valence-corrected chi connectivity index (χ3v) is 4.45. The lowest BCUT2D eigenvalue weighted by Crippen LogP contribution is -2.04. The first-order chi connectivity index (χ1) is 8.93. The van der Waals surface area contributed by atoms with Gasteiger partial charge in [0.15, 0.2) is 5.82 Å². The molecule has 2 aromatic rings. The lowest BCUT2D eigenvalue weighted by Gasteiger charge is -2.13. The van der Waals surface area contributed by atoms with E-state index < -0.39 is 0 Å². The standard InChI is InChI=1S/C15H18IN3/c1-8-6-9(2)12(10(3)7-8)14-18-11(4)13(16)15(17-5)19-14/h6-7H,1-5H3,(H,17,18,19). The molecule has 0 saturated heterocycles. The van der Waals surface area contributed by atoms with Crippen LogP contribution in [0.2, 0.25) is 0 Å². The van der Waals surface area contributed by atoms with E-state index >= 15 is 0 Å². The van der Waals surface area contributed by atoms with Crippen molar-refractivity contribution in [3.63, 3.8) is 0 Å². The van der Waals surface area contributed by atoms with E-state index in [1.807, 2.05) is 14.0 Å². The zero-order valence-electron chi connectivity index (χ0n) is 11.9. The SMILES string of the molecule is CNc1nc(-c2c(C)cc(C)cc2C)nc(C)c1I. The van der Waals surface area contributed by atoms with Gasteiger partial charge >= 0.3 is 0 Å². The fraction of sp³-hybridized carbons (Fsp3) is 0.333. The van der Waals surface area contributed by atoms with Crippen molar-refractivity contribution in [3.05, 3.63) is 38.1 Å². The largest absolute Gasteiger partial charge is 0.372 e. The molecule has 0 fully saturated rings. The van der Waals surface area contributed by atoms with Gasteiger partial charge < -0.3 is 5.32 Å². The second-order valence-electron chi connectivity index (χ2n) is 4.82. The number of hydrogen-bond donors (Lipinski definition) is 1. The van der Waals surface area contributed by atoms with Gasteiger partial charge in [-0.3, -0.25) is 0 Å². The van der Waals surface area contributed by atoms with E-state index in [2.05, 4.69) is 70.8 Å². The Balaban J connectivity index is 2.69. The van der Waals surface area contributed by atoms with Crippen LogP contribution in [0.5, 0.6) is 0 Å². The van der Waals surface area contributed by atoms with Crippen molar-refractivity contribution in [2.24, 2.45) is 0 Å². The van der Waals surface area contributed by atoms with E-state index in [4.69, 9.17) is 0 Å². The molecule has 3 nitrogen and oxygen atoms in total. The summed E-state index contributed by atoms with van der Waals surface area (Å²) in [6.45, 7) is 8.37. The molecule has 0 aliphatic carbocycles. The highest BCUT2D eigenvalue weighted by Crippen LogP contribution is 2.28. The van der Waals surface area contributed by atoms with Crippen LogP contribution in [0.4, 0.5) is 5.82 Å². The molecule has 0 unspecified atom stereocenters. The Kier molecular flexibility index (Phi) is 4.08. The summed E-state index contributed by atoms with van der Waals surface area (Å²) in [4.78, 5) is 9.29. The van der Waals surface area contributed by atoms with Crippen molar-refractivity contribution in [1.29, 1.82) is 0 Å². The molecule has 1 aromatic heterocycles. The molecular formula is C15H18IN3. The van der Waals surface area contributed by atoms with Gasteiger partial charge in [-0.05, 0) is 61.4 Å². The van der Waals surface area contributed by atoms with Crippen molar-refractivity contribution < 1.29 is 0 Å². The molecule has 0 spiro atoms. The minimum absolute atomic E-state index is 0.803. The smallest absolute Gasteiger partial charge is 0.162 e. The van der Waals surface area contributed by atoms with Crippen LogP contribution in [-0.2, 0) is 0 Å². The summed E-state index contributed by atoms with van der Waals surface area (Å²) in [7, 11) is 1.89. The number of halogens is 1. The Labute approximate surface area is 128 Å². The number of rotatable bonds is 2. The summed E-state index contributed by atoms with van der Waals surface area (Å²) in [5, 5.41) is 3.14. The summed E-state index contributed by atoms with van der Waals surface area (Å²) in [5.74, 6) is 1.69. The maximum Gasteiger partial charge on any atom is 0.162 e. The second-order valence-corrected chi connectivity index (χ2v) is 5.90. The molecule has 0 radical (unpaired) electrons. The zero-order chi connectivity index (χ0) is 14.2. The van der Waals surface area contributed by atoms with Crippen LogP contribution < -0.4 is 5.32 Å². The summed E-state index contributed by atoms with van der Waals surface area (Å²) in [5.41, 5.74) is 5.87. The van der Waals surface area contributed by atoms with Crippen molar-refractivity contribution in [2.75, 3.05) is 12.4 Å². The van der Waals surface area contributed by atoms with Gasteiger partial charge in [-0.15, -0.1) is 0 Å². The molecule has 4 heteroatoms. The van der Waals surface area contributed by atoms with Crippen LogP contribution in [0, 0.1) is 31.3 Å². The molecule has 0 amide bonds. The molecule has 0 aliphatic rings. The van der Waals surface area contributed by atoms with Crippen molar-refractivity contribution >= 4 is 28.4 Å². The lowest BCUT2D eigenvalue weighted by atomic mass is 9.99. The van der Waals surface area contributed by atoms with Crippen LogP contribution >= 0.6 is 22.6 Å². The van der Waals surface area contributed by atoms with E-state index in [1.165, 1.54) is 16.7 Å². The highest BCUT2D eigenvalue weighted by molar-refractivity contribution is 14.1. The summed E-state index contributed by atoms with van der Waals surface area (Å²) >= 11 is 2.28. The van der Waals surface area contributed by atoms with Crippen LogP contribution in [0.1, 0.15) is 22.4 Å². The van der Waals surface area contributed by atoms with Gasteiger partial charge in [0.1, 0.15) is 5.82 Å². The first-order valence-corrected chi connectivity index (χ1v) is 7.32. The fourth-order valence-electron chi connectivity index (χ4n) is 2.37. The van der Waals surface area contributed by atoms with Gasteiger partial charge in [0, 0.05) is 12.6 Å². The molecule has 19 heavy (non-hydrogen) atoms. The molecule has 1 N–H and O–H groups in total. The first-order valence-electron chi connectivity index (χ1n) is 6.24. The first kappa shape index (κ1) is 14.2. The Bertz CT molecular complexity index is 613. The molecule has 0 saturated carbocycles. The van der Waals surface area contributed by atoms with E-state index in [9.17, 15) is 0 Å². The molecule has 1 aromatic carbocycles. The van der Waals surface area contributed by atoms with E-state index in [0.717, 1.165) is 26.5 Å². The monoisotopic (exact) mass is 367 g/mol. The Hall–Kier alpha value is -1.17. The van der Waals surface area contributed by atoms with Crippen LogP contribution in [0.3, 0.4) is 0 Å². The number of hydrogen-bond acceptors (Lipinski definition) is 3. The maximum absolute atomic E-state index is 4.64. The minimum atomic E-state index is 0.803. The molecule has 2 rings (SSSR count). The number of anilines is 1. The van der Waals surface area contributed by atoms with Crippen LogP contribution in [0.25, 0.3) is 11.4 Å². The molecule has 1 heterocycles. The van der Waals surface area contributed by atoms with E-state index in [-0.39, 0.29) is 0 Å². The molecule has 100 valence electrons. The zero-order valence-corrected chi connectivity index (χ0v) is 14.1. The van der Waals surface area contributed by atoms with Gasteiger partial charge in [-0.1, -0.05) is 17.7 Å². The average Bonchev–Trinajstić information content (AvgIpc) is 2.32. The highest BCUT2D eigenvalue weighted by atomic mass is 127. The van der Waals surface area contributed by atoms with Crippen molar-refractivity contribution in [2.45, 2.75) is 27.7 Å². The number of aromatic nitrogens is 2. The summed E-state index contributed by atoms with van der Waals surface area (Å²) in [6, 6.07) is 4.36. The van der Waals surface area contributed by atoms with Crippen molar-refractivity contribution in [1.82, 2.24) is 9.97 Å². The molecular weight excluding hydrogens is 349 g/mol. The third-order valence-electron chi connectivity index (χ3n) is 3.15. The summed E-state index contributed by atoms with van der Waals surface area (Å²) < 4.78 is 1.08. The maximum atomic E-state index is 4.64. The highest BCUT2D eigenvalue weighted by Gasteiger charge is 2.13. The molecule has 0 bridgehead atoms. The van der Waals surface area contributed by atoms with Crippen molar-refractivity contribution in [3.8, 4) is 11.4 Å². The summed E-state index contributed by atoms with van der Waals surface area (Å²) in [6.07, 6.45) is 0. The van der Waals surface area contributed by atoms with Gasteiger partial charge in [0.25, 0.3) is 0 Å². The predicted octanol–water partition coefficient (Wildman–Crippen LogP) is 4.02. The van der Waals surface area contributed by atoms with Gasteiger partial charge in [0.2, 0.25) is 0 Å². The minimum Gasteiger partial charge on any atom is -0.372 e. The van der Waals surface area contributed by atoms with Crippen LogP contribution in [-0.4, -0.2) is 17.0 Å². The topological polar surface area (TPSA) is 37.8 Å². The third kappa shape index (κ3) is 2.73. The second kappa shape index (κ2) is 5.45. The van der Waals surface area contributed by atoms with Gasteiger partial charge in [-0.2, -0.15) is 0 Å². The Morgan fingerprint density at radius 1 is 1.00 bits per heavy atom. The quantitative estimate of drug-likeness (QED) is 0.815. The number of aryl methyl sites for hydroxylation is 4. The normalized spacial score (nSPS) is 10.6. The Morgan fingerprint density at radius 2 is 1.58 bits per heavy atom. The van der Waals surface area contributed by atoms with Crippen LogP contribution in [0.15, 0.2) is 12.1 Å². The number of nitrogens with one attached hydrogen (secondary N) is 1. The lowest BCUT2D eigenvalue weighted by molar-refractivity contribution is 1.08. The van der Waals surface area contributed by atoms with E-state index in [0.29, 0.717) is 0 Å². The number of nitrogens with zero attached hydrogens (tertiary/aromatic N) is 2. The van der Waals surface area contributed by atoms with Gasteiger partial charge in [0.05, 0.1) is 9.26 Å². The average molecular weight is 367 g/mol. The predicted molar refractivity (Wildman–Crippen MR) is 88.7 cm³/mol. The van der Waals surface area contributed by atoms with E-state index in [1.54, 1.807) is 0 Å². The fourth-order valence-corrected chi connectivity index (χ4v) is 2.88. The molecule has 0 atom stereocenters. The molecule has 0 aliphatic heterocycles. The van der Waals surface area contributed by atoms with Gasteiger partial charge in [-0.25, -0.2) is 9.97 Å². The Morgan fingerprint density at radius 3 is 2.11 bits per heavy atom. The number of benzene rings is 1.